The van der Waals surface area contributed by atoms with E-state index in [0.717, 1.165) is 18.8 Å². The number of aromatic nitrogens is 2. The summed E-state index contributed by atoms with van der Waals surface area (Å²) < 4.78 is 5.58. The zero-order chi connectivity index (χ0) is 13.1. The lowest BCUT2D eigenvalue weighted by Crippen LogP contribution is -2.34. The highest BCUT2D eigenvalue weighted by Crippen LogP contribution is 2.29. The van der Waals surface area contributed by atoms with Crippen molar-refractivity contribution in [3.05, 3.63) is 12.4 Å². The van der Waals surface area contributed by atoms with E-state index in [-0.39, 0.29) is 6.10 Å². The molecule has 0 aromatic carbocycles. The van der Waals surface area contributed by atoms with Gasteiger partial charge in [0, 0.05) is 18.5 Å². The highest BCUT2D eigenvalue weighted by Gasteiger charge is 2.31. The molecule has 1 aliphatic heterocycles. The van der Waals surface area contributed by atoms with E-state index in [0.29, 0.717) is 23.7 Å². The minimum atomic E-state index is 0.107. The second-order valence-electron chi connectivity index (χ2n) is 5.06. The van der Waals surface area contributed by atoms with Gasteiger partial charge in [-0.15, -0.1) is 11.6 Å². The molecule has 0 N–H and O–H groups in total. The van der Waals surface area contributed by atoms with E-state index in [1.54, 1.807) is 12.4 Å². The largest absolute Gasteiger partial charge is 0.474 e. The van der Waals surface area contributed by atoms with Crippen molar-refractivity contribution in [1.29, 1.82) is 0 Å². The average Bonchev–Trinajstić information content (AvgIpc) is 2.70. The van der Waals surface area contributed by atoms with Gasteiger partial charge in [-0.25, -0.2) is 0 Å². The Hall–Kier alpha value is -1.03. The van der Waals surface area contributed by atoms with Gasteiger partial charge in [-0.2, -0.15) is 4.98 Å². The average molecular weight is 270 g/mol. The van der Waals surface area contributed by atoms with Crippen molar-refractivity contribution < 1.29 is 4.74 Å². The van der Waals surface area contributed by atoms with Crippen LogP contribution >= 0.6 is 11.6 Å². The summed E-state index contributed by atoms with van der Waals surface area (Å²) in [6.07, 6.45) is 4.69. The van der Waals surface area contributed by atoms with Crippen molar-refractivity contribution in [3.63, 3.8) is 0 Å². The highest BCUT2D eigenvalue weighted by atomic mass is 35.5. The fourth-order valence-corrected chi connectivity index (χ4v) is 2.77. The minimum absolute atomic E-state index is 0.107. The lowest BCUT2D eigenvalue weighted by Gasteiger charge is -2.26. The number of anilines is 1. The van der Waals surface area contributed by atoms with E-state index >= 15 is 0 Å². The molecule has 4 nitrogen and oxygen atoms in total. The minimum Gasteiger partial charge on any atom is -0.474 e. The predicted octanol–water partition coefficient (Wildman–Crippen LogP) is 2.72. The molecule has 0 saturated carbocycles. The summed E-state index contributed by atoms with van der Waals surface area (Å²) in [7, 11) is 0. The van der Waals surface area contributed by atoms with Crippen molar-refractivity contribution in [2.45, 2.75) is 39.3 Å². The lowest BCUT2D eigenvalue weighted by molar-refractivity contribution is 0.231. The molecule has 0 radical (unpaired) electrons. The number of hydrogen-bond donors (Lipinski definition) is 0. The maximum absolute atomic E-state index is 6.05. The zero-order valence-electron chi connectivity index (χ0n) is 11.1. The first-order chi connectivity index (χ1) is 8.61. The molecule has 1 fully saturated rings. The van der Waals surface area contributed by atoms with Gasteiger partial charge in [0.25, 0.3) is 0 Å². The van der Waals surface area contributed by atoms with Gasteiger partial charge in [0.05, 0.1) is 18.5 Å². The van der Waals surface area contributed by atoms with Gasteiger partial charge < -0.3 is 9.64 Å². The van der Waals surface area contributed by atoms with Gasteiger partial charge in [-0.3, -0.25) is 4.98 Å². The third-order valence-corrected chi connectivity index (χ3v) is 3.61. The van der Waals surface area contributed by atoms with Crippen LogP contribution < -0.4 is 9.64 Å². The Bertz CT molecular complexity index is 400. The van der Waals surface area contributed by atoms with Crippen LogP contribution in [0.2, 0.25) is 0 Å². The molecule has 0 aliphatic carbocycles. The van der Waals surface area contributed by atoms with Crippen LogP contribution in [0.25, 0.3) is 0 Å². The normalized spacial score (nSPS) is 23.7. The van der Waals surface area contributed by atoms with Crippen LogP contribution in [-0.2, 0) is 0 Å². The molecule has 2 rings (SSSR count). The van der Waals surface area contributed by atoms with Crippen molar-refractivity contribution in [3.8, 4) is 5.88 Å². The van der Waals surface area contributed by atoms with E-state index in [4.69, 9.17) is 16.3 Å². The standard InChI is InChI=1S/C13H20ClN3O/c1-9(2)18-13-8-15-7-12(16-13)17-5-4-10(3)11(17)6-14/h7-11H,4-6H2,1-3H3. The summed E-state index contributed by atoms with van der Waals surface area (Å²) in [6, 6.07) is 0.343. The second-order valence-corrected chi connectivity index (χ2v) is 5.37. The Morgan fingerprint density at radius 1 is 1.50 bits per heavy atom. The Balaban J connectivity index is 2.17. The maximum atomic E-state index is 6.05. The number of alkyl halides is 1. The monoisotopic (exact) mass is 269 g/mol. The first-order valence-corrected chi connectivity index (χ1v) is 6.96. The van der Waals surface area contributed by atoms with E-state index < -0.39 is 0 Å². The molecule has 1 saturated heterocycles. The van der Waals surface area contributed by atoms with Crippen LogP contribution in [0.1, 0.15) is 27.2 Å². The van der Waals surface area contributed by atoms with Crippen LogP contribution in [0.4, 0.5) is 5.82 Å². The Kier molecular flexibility index (Phi) is 4.27. The third-order valence-electron chi connectivity index (χ3n) is 3.29. The van der Waals surface area contributed by atoms with Crippen LogP contribution in [0.15, 0.2) is 12.4 Å². The summed E-state index contributed by atoms with van der Waals surface area (Å²) in [4.78, 5) is 10.9. The highest BCUT2D eigenvalue weighted by molar-refractivity contribution is 6.18. The molecule has 100 valence electrons. The number of rotatable bonds is 4. The summed E-state index contributed by atoms with van der Waals surface area (Å²) in [5.41, 5.74) is 0. The van der Waals surface area contributed by atoms with Crippen molar-refractivity contribution in [2.75, 3.05) is 17.3 Å². The quantitative estimate of drug-likeness (QED) is 0.788. The van der Waals surface area contributed by atoms with Gasteiger partial charge in [-0.05, 0) is 26.2 Å². The molecular formula is C13H20ClN3O. The summed E-state index contributed by atoms with van der Waals surface area (Å²) in [5, 5.41) is 0. The number of ether oxygens (including phenoxy) is 1. The molecule has 5 heteroatoms. The number of halogens is 1. The molecule has 0 bridgehead atoms. The fourth-order valence-electron chi connectivity index (χ4n) is 2.30. The molecule has 1 aromatic heterocycles. The Labute approximate surface area is 113 Å². The van der Waals surface area contributed by atoms with Crippen LogP contribution in [0.3, 0.4) is 0 Å². The molecule has 2 heterocycles. The topological polar surface area (TPSA) is 38.2 Å². The van der Waals surface area contributed by atoms with Crippen LogP contribution in [0.5, 0.6) is 5.88 Å². The molecule has 1 aliphatic rings. The molecule has 0 spiro atoms. The van der Waals surface area contributed by atoms with Gasteiger partial charge in [0.2, 0.25) is 5.88 Å². The summed E-state index contributed by atoms with van der Waals surface area (Å²) in [5.74, 6) is 2.66. The van der Waals surface area contributed by atoms with E-state index in [2.05, 4.69) is 21.8 Å². The lowest BCUT2D eigenvalue weighted by atomic mass is 10.1. The summed E-state index contributed by atoms with van der Waals surface area (Å²) in [6.45, 7) is 7.18. The zero-order valence-corrected chi connectivity index (χ0v) is 11.9. The molecule has 18 heavy (non-hydrogen) atoms. The first-order valence-electron chi connectivity index (χ1n) is 6.43. The molecular weight excluding hydrogens is 250 g/mol. The van der Waals surface area contributed by atoms with Crippen LogP contribution in [0, 0.1) is 5.92 Å². The van der Waals surface area contributed by atoms with Crippen molar-refractivity contribution in [2.24, 2.45) is 5.92 Å². The predicted molar refractivity (Wildman–Crippen MR) is 73.4 cm³/mol. The van der Waals surface area contributed by atoms with Gasteiger partial charge >= 0.3 is 0 Å². The molecule has 2 atom stereocenters. The number of hydrogen-bond acceptors (Lipinski definition) is 4. The molecule has 2 unspecified atom stereocenters. The fraction of sp³-hybridized carbons (Fsp3) is 0.692. The van der Waals surface area contributed by atoms with Crippen molar-refractivity contribution in [1.82, 2.24) is 9.97 Å². The Morgan fingerprint density at radius 3 is 2.94 bits per heavy atom. The van der Waals surface area contributed by atoms with E-state index in [1.165, 1.54) is 0 Å². The first kappa shape index (κ1) is 13.4. The van der Waals surface area contributed by atoms with E-state index in [9.17, 15) is 0 Å². The van der Waals surface area contributed by atoms with Gasteiger partial charge in [0.15, 0.2) is 5.82 Å². The van der Waals surface area contributed by atoms with E-state index in [1.807, 2.05) is 13.8 Å². The smallest absolute Gasteiger partial charge is 0.234 e. The molecule has 1 aromatic rings. The van der Waals surface area contributed by atoms with Gasteiger partial charge in [-0.1, -0.05) is 6.92 Å². The number of nitrogens with zero attached hydrogens (tertiary/aromatic N) is 3. The maximum Gasteiger partial charge on any atom is 0.234 e. The van der Waals surface area contributed by atoms with Crippen LogP contribution in [-0.4, -0.2) is 34.5 Å². The Morgan fingerprint density at radius 2 is 2.28 bits per heavy atom. The second kappa shape index (κ2) is 5.74. The SMILES string of the molecule is CC(C)Oc1cncc(N2CCC(C)C2CCl)n1. The van der Waals surface area contributed by atoms with Gasteiger partial charge in [0.1, 0.15) is 0 Å². The summed E-state index contributed by atoms with van der Waals surface area (Å²) >= 11 is 6.05. The van der Waals surface area contributed by atoms with Crippen molar-refractivity contribution >= 4 is 17.4 Å². The third kappa shape index (κ3) is 2.86. The molecule has 0 amide bonds.